The molecule has 0 aliphatic carbocycles. The standard InChI is InChI=1S/C13H16N2O3S/c1-3-9-18-13-6-4-12(5-7-13)11-15(2)19(16,17)10-8-14/h3-7H,1,9-11H2,2H3. The summed E-state index contributed by atoms with van der Waals surface area (Å²) >= 11 is 0. The summed E-state index contributed by atoms with van der Waals surface area (Å²) in [7, 11) is -2.05. The number of nitriles is 1. The largest absolute Gasteiger partial charge is 0.490 e. The van der Waals surface area contributed by atoms with Gasteiger partial charge in [0.25, 0.3) is 0 Å². The van der Waals surface area contributed by atoms with E-state index in [1.807, 2.05) is 0 Å². The van der Waals surface area contributed by atoms with E-state index in [-0.39, 0.29) is 6.54 Å². The Hall–Kier alpha value is -1.84. The van der Waals surface area contributed by atoms with E-state index in [0.717, 1.165) is 9.87 Å². The number of rotatable bonds is 7. The molecule has 0 bridgehead atoms. The van der Waals surface area contributed by atoms with Gasteiger partial charge in [-0.1, -0.05) is 24.8 Å². The molecule has 6 heteroatoms. The summed E-state index contributed by atoms with van der Waals surface area (Å²) in [4.78, 5) is 0. The van der Waals surface area contributed by atoms with Crippen molar-refractivity contribution in [2.45, 2.75) is 6.54 Å². The molecule has 0 aliphatic rings. The summed E-state index contributed by atoms with van der Waals surface area (Å²) in [6.45, 7) is 4.21. The molecule has 19 heavy (non-hydrogen) atoms. The average Bonchev–Trinajstić information content (AvgIpc) is 2.38. The molecule has 0 fully saturated rings. The van der Waals surface area contributed by atoms with Gasteiger partial charge in [-0.15, -0.1) is 0 Å². The van der Waals surface area contributed by atoms with Crippen molar-refractivity contribution in [1.82, 2.24) is 4.31 Å². The second kappa shape index (κ2) is 6.92. The van der Waals surface area contributed by atoms with Gasteiger partial charge in [-0.25, -0.2) is 8.42 Å². The van der Waals surface area contributed by atoms with Crippen molar-refractivity contribution in [1.29, 1.82) is 5.26 Å². The SMILES string of the molecule is C=CCOc1ccc(CN(C)S(=O)(=O)CC#N)cc1. The van der Waals surface area contributed by atoms with Crippen LogP contribution in [0.2, 0.25) is 0 Å². The highest BCUT2D eigenvalue weighted by Crippen LogP contribution is 2.14. The molecule has 1 aromatic rings. The molecule has 0 amide bonds. The number of benzene rings is 1. The molecule has 0 unspecified atom stereocenters. The lowest BCUT2D eigenvalue weighted by atomic mass is 10.2. The molecule has 102 valence electrons. The molecular formula is C13H16N2O3S. The first-order valence-electron chi connectivity index (χ1n) is 5.63. The van der Waals surface area contributed by atoms with Crippen molar-refractivity contribution in [3.05, 3.63) is 42.5 Å². The van der Waals surface area contributed by atoms with E-state index >= 15 is 0 Å². The number of hydrogen-bond donors (Lipinski definition) is 0. The van der Waals surface area contributed by atoms with Crippen LogP contribution in [0.25, 0.3) is 0 Å². The fourth-order valence-electron chi connectivity index (χ4n) is 1.39. The number of ether oxygens (including phenoxy) is 1. The van der Waals surface area contributed by atoms with Gasteiger partial charge in [0.2, 0.25) is 10.0 Å². The molecule has 0 heterocycles. The number of hydrogen-bond acceptors (Lipinski definition) is 4. The van der Waals surface area contributed by atoms with Crippen LogP contribution in [-0.2, 0) is 16.6 Å². The van der Waals surface area contributed by atoms with Gasteiger partial charge in [-0.2, -0.15) is 9.57 Å². The van der Waals surface area contributed by atoms with E-state index in [1.165, 1.54) is 7.05 Å². The summed E-state index contributed by atoms with van der Waals surface area (Å²) in [5.74, 6) is 0.190. The highest BCUT2D eigenvalue weighted by molar-refractivity contribution is 7.89. The third-order valence-corrected chi connectivity index (χ3v) is 3.99. The second-order valence-electron chi connectivity index (χ2n) is 3.91. The van der Waals surface area contributed by atoms with Crippen LogP contribution in [0.5, 0.6) is 5.75 Å². The van der Waals surface area contributed by atoms with Crippen LogP contribution in [0.4, 0.5) is 0 Å². The lowest BCUT2D eigenvalue weighted by Crippen LogP contribution is -2.28. The minimum Gasteiger partial charge on any atom is -0.490 e. The Morgan fingerprint density at radius 3 is 2.58 bits per heavy atom. The van der Waals surface area contributed by atoms with Crippen molar-refractivity contribution in [2.75, 3.05) is 19.4 Å². The molecule has 0 atom stereocenters. The van der Waals surface area contributed by atoms with E-state index in [4.69, 9.17) is 10.00 Å². The monoisotopic (exact) mass is 280 g/mol. The second-order valence-corrected chi connectivity index (χ2v) is 5.99. The zero-order valence-electron chi connectivity index (χ0n) is 10.7. The summed E-state index contributed by atoms with van der Waals surface area (Å²) in [5, 5.41) is 8.46. The first-order chi connectivity index (χ1) is 8.99. The van der Waals surface area contributed by atoms with Gasteiger partial charge >= 0.3 is 0 Å². The van der Waals surface area contributed by atoms with Gasteiger partial charge in [0.05, 0.1) is 6.07 Å². The summed E-state index contributed by atoms with van der Waals surface area (Å²) in [6, 6.07) is 8.76. The van der Waals surface area contributed by atoms with E-state index in [9.17, 15) is 8.42 Å². The number of sulfonamides is 1. The molecule has 0 N–H and O–H groups in total. The minimum absolute atomic E-state index is 0.228. The van der Waals surface area contributed by atoms with Gasteiger partial charge < -0.3 is 4.74 Å². The third-order valence-electron chi connectivity index (χ3n) is 2.42. The number of nitrogens with zero attached hydrogens (tertiary/aromatic N) is 2. The molecule has 0 aliphatic heterocycles. The Labute approximate surface area is 113 Å². The van der Waals surface area contributed by atoms with Gasteiger partial charge in [-0.05, 0) is 17.7 Å². The summed E-state index contributed by atoms with van der Waals surface area (Å²) < 4.78 is 29.7. The van der Waals surface area contributed by atoms with Crippen LogP contribution < -0.4 is 4.74 Å². The predicted molar refractivity (Wildman–Crippen MR) is 73.0 cm³/mol. The highest BCUT2D eigenvalue weighted by Gasteiger charge is 2.17. The lowest BCUT2D eigenvalue weighted by molar-refractivity contribution is 0.363. The van der Waals surface area contributed by atoms with E-state index in [0.29, 0.717) is 12.4 Å². The Kier molecular flexibility index (Phi) is 5.55. The van der Waals surface area contributed by atoms with E-state index in [1.54, 1.807) is 36.4 Å². The van der Waals surface area contributed by atoms with Gasteiger partial charge in [0.1, 0.15) is 12.4 Å². The van der Waals surface area contributed by atoms with Gasteiger partial charge in [0, 0.05) is 13.6 Å². The third kappa shape index (κ3) is 4.73. The maximum Gasteiger partial charge on any atom is 0.227 e. The average molecular weight is 280 g/mol. The van der Waals surface area contributed by atoms with Crippen LogP contribution in [0, 0.1) is 11.3 Å². The lowest BCUT2D eigenvalue weighted by Gasteiger charge is -2.15. The van der Waals surface area contributed by atoms with Crippen molar-refractivity contribution in [3.63, 3.8) is 0 Å². The Balaban J connectivity index is 2.68. The van der Waals surface area contributed by atoms with Crippen LogP contribution in [0.15, 0.2) is 36.9 Å². The highest BCUT2D eigenvalue weighted by atomic mass is 32.2. The van der Waals surface area contributed by atoms with Gasteiger partial charge in [0.15, 0.2) is 5.75 Å². The van der Waals surface area contributed by atoms with Crippen molar-refractivity contribution in [2.24, 2.45) is 0 Å². The Bertz CT molecular complexity index is 559. The molecule has 1 rings (SSSR count). The topological polar surface area (TPSA) is 70.4 Å². The fraction of sp³-hybridized carbons (Fsp3) is 0.308. The van der Waals surface area contributed by atoms with Crippen molar-refractivity contribution in [3.8, 4) is 11.8 Å². The molecule has 0 saturated heterocycles. The first kappa shape index (κ1) is 15.2. The van der Waals surface area contributed by atoms with E-state index < -0.39 is 15.8 Å². The molecule has 0 radical (unpaired) electrons. The van der Waals surface area contributed by atoms with Crippen LogP contribution in [0.1, 0.15) is 5.56 Å². The normalized spacial score (nSPS) is 11.0. The molecule has 0 saturated carbocycles. The van der Waals surface area contributed by atoms with Crippen molar-refractivity contribution >= 4 is 10.0 Å². The molecule has 0 spiro atoms. The Morgan fingerprint density at radius 1 is 1.42 bits per heavy atom. The zero-order chi connectivity index (χ0) is 14.3. The fourth-order valence-corrected chi connectivity index (χ4v) is 2.12. The minimum atomic E-state index is -3.51. The molecular weight excluding hydrogens is 264 g/mol. The maximum atomic E-state index is 11.6. The molecule has 1 aromatic carbocycles. The summed E-state index contributed by atoms with van der Waals surface area (Å²) in [6.07, 6.45) is 1.65. The van der Waals surface area contributed by atoms with Crippen molar-refractivity contribution < 1.29 is 13.2 Å². The maximum absolute atomic E-state index is 11.6. The molecule has 5 nitrogen and oxygen atoms in total. The summed E-state index contributed by atoms with van der Waals surface area (Å²) in [5.41, 5.74) is 0.829. The quantitative estimate of drug-likeness (QED) is 0.710. The van der Waals surface area contributed by atoms with Gasteiger partial charge in [-0.3, -0.25) is 0 Å². The molecule has 0 aromatic heterocycles. The van der Waals surface area contributed by atoms with Crippen LogP contribution in [-0.4, -0.2) is 32.1 Å². The Morgan fingerprint density at radius 2 is 2.05 bits per heavy atom. The van der Waals surface area contributed by atoms with Crippen LogP contribution in [0.3, 0.4) is 0 Å². The predicted octanol–water partition coefficient (Wildman–Crippen LogP) is 1.54. The van der Waals surface area contributed by atoms with E-state index in [2.05, 4.69) is 6.58 Å². The first-order valence-corrected chi connectivity index (χ1v) is 7.24. The smallest absolute Gasteiger partial charge is 0.227 e. The zero-order valence-corrected chi connectivity index (χ0v) is 11.6. The van der Waals surface area contributed by atoms with Crippen LogP contribution >= 0.6 is 0 Å².